The highest BCUT2D eigenvalue weighted by Gasteiger charge is 2.04. The molecule has 0 aromatic heterocycles. The lowest BCUT2D eigenvalue weighted by molar-refractivity contribution is 0.411. The normalized spacial score (nSPS) is 10.1. The van der Waals surface area contributed by atoms with Gasteiger partial charge in [0, 0.05) is 6.07 Å². The number of phenols is 1. The number of rotatable bonds is 2. The van der Waals surface area contributed by atoms with Crippen molar-refractivity contribution in [2.24, 2.45) is 0 Å². The molecule has 0 atom stereocenters. The minimum Gasteiger partial charge on any atom is -0.508 e. The van der Waals surface area contributed by atoms with E-state index < -0.39 is 0 Å². The molecule has 0 saturated carbocycles. The lowest BCUT2D eigenvalue weighted by Crippen LogP contribution is -1.86. The second-order valence-corrected chi connectivity index (χ2v) is 3.43. The summed E-state index contributed by atoms with van der Waals surface area (Å²) in [7, 11) is 1.49. The van der Waals surface area contributed by atoms with Crippen LogP contribution in [0, 0.1) is 5.82 Å². The number of halogens is 1. The van der Waals surface area contributed by atoms with Crippen molar-refractivity contribution in [2.75, 3.05) is 7.11 Å². The second-order valence-electron chi connectivity index (χ2n) is 3.43. The Morgan fingerprint density at radius 2 is 1.88 bits per heavy atom. The number of hydrogen-bond acceptors (Lipinski definition) is 2. The molecule has 0 aliphatic carbocycles. The van der Waals surface area contributed by atoms with E-state index in [1.54, 1.807) is 30.3 Å². The number of hydrogen-bond donors (Lipinski definition) is 1. The van der Waals surface area contributed by atoms with Crippen molar-refractivity contribution >= 4 is 0 Å². The van der Waals surface area contributed by atoms with Gasteiger partial charge in [0.1, 0.15) is 17.3 Å². The Morgan fingerprint density at radius 3 is 2.56 bits per heavy atom. The topological polar surface area (TPSA) is 29.5 Å². The molecule has 82 valence electrons. The first-order valence-electron chi connectivity index (χ1n) is 4.83. The maximum absolute atomic E-state index is 13.3. The fourth-order valence-electron chi connectivity index (χ4n) is 1.53. The summed E-state index contributed by atoms with van der Waals surface area (Å²) in [5, 5.41) is 9.35. The Morgan fingerprint density at radius 1 is 1.06 bits per heavy atom. The number of phenolic OH excluding ortho intramolecular Hbond substituents is 1. The first kappa shape index (κ1) is 10.5. The second kappa shape index (κ2) is 4.23. The third-order valence-corrected chi connectivity index (χ3v) is 2.29. The number of ether oxygens (including phenoxy) is 1. The van der Waals surface area contributed by atoms with E-state index in [9.17, 15) is 9.50 Å². The van der Waals surface area contributed by atoms with Crippen LogP contribution in [0.5, 0.6) is 11.5 Å². The fraction of sp³-hybridized carbons (Fsp3) is 0.0769. The van der Waals surface area contributed by atoms with Gasteiger partial charge in [-0.15, -0.1) is 0 Å². The van der Waals surface area contributed by atoms with E-state index in [1.165, 1.54) is 19.2 Å². The minimum absolute atomic E-state index is 0.153. The summed E-state index contributed by atoms with van der Waals surface area (Å²) in [6.45, 7) is 0. The summed E-state index contributed by atoms with van der Waals surface area (Å²) < 4.78 is 18.2. The quantitative estimate of drug-likeness (QED) is 0.838. The third-order valence-electron chi connectivity index (χ3n) is 2.29. The van der Waals surface area contributed by atoms with Gasteiger partial charge in [0.05, 0.1) is 7.11 Å². The van der Waals surface area contributed by atoms with Crippen molar-refractivity contribution in [1.82, 2.24) is 0 Å². The van der Waals surface area contributed by atoms with Crippen LogP contribution in [0.2, 0.25) is 0 Å². The van der Waals surface area contributed by atoms with Crippen LogP contribution in [0.1, 0.15) is 0 Å². The van der Waals surface area contributed by atoms with E-state index in [1.807, 2.05) is 0 Å². The summed E-state index contributed by atoms with van der Waals surface area (Å²) in [6.07, 6.45) is 0. The van der Waals surface area contributed by atoms with Crippen LogP contribution >= 0.6 is 0 Å². The maximum Gasteiger partial charge on any atom is 0.127 e. The standard InChI is InChI=1S/C13H11FO2/c1-16-13-7-10(5-11(14)8-13)9-3-2-4-12(15)6-9/h2-8,15H,1H3. The average Bonchev–Trinajstić information content (AvgIpc) is 2.28. The Balaban J connectivity index is 2.51. The van der Waals surface area contributed by atoms with Gasteiger partial charge < -0.3 is 9.84 Å². The summed E-state index contributed by atoms with van der Waals surface area (Å²) in [5.41, 5.74) is 1.42. The molecule has 2 aromatic carbocycles. The molecule has 0 aliphatic rings. The first-order chi connectivity index (χ1) is 7.69. The SMILES string of the molecule is COc1cc(F)cc(-c2cccc(O)c2)c1. The molecular weight excluding hydrogens is 207 g/mol. The van der Waals surface area contributed by atoms with Gasteiger partial charge in [-0.25, -0.2) is 4.39 Å². The Bertz CT molecular complexity index is 509. The van der Waals surface area contributed by atoms with Crippen molar-refractivity contribution in [1.29, 1.82) is 0 Å². The largest absolute Gasteiger partial charge is 0.508 e. The predicted molar refractivity (Wildman–Crippen MR) is 60.1 cm³/mol. The molecule has 2 nitrogen and oxygen atoms in total. The Hall–Kier alpha value is -2.03. The molecule has 0 amide bonds. The van der Waals surface area contributed by atoms with Gasteiger partial charge in [0.25, 0.3) is 0 Å². The van der Waals surface area contributed by atoms with Crippen LogP contribution in [0.25, 0.3) is 11.1 Å². The van der Waals surface area contributed by atoms with E-state index in [-0.39, 0.29) is 11.6 Å². The highest BCUT2D eigenvalue weighted by Crippen LogP contribution is 2.27. The van der Waals surface area contributed by atoms with Crippen molar-refractivity contribution in [3.8, 4) is 22.6 Å². The third kappa shape index (κ3) is 2.14. The van der Waals surface area contributed by atoms with E-state index in [0.717, 1.165) is 5.56 Å². The monoisotopic (exact) mass is 218 g/mol. The fourth-order valence-corrected chi connectivity index (χ4v) is 1.53. The van der Waals surface area contributed by atoms with Gasteiger partial charge in [-0.1, -0.05) is 12.1 Å². The zero-order valence-corrected chi connectivity index (χ0v) is 8.77. The highest BCUT2D eigenvalue weighted by atomic mass is 19.1. The van der Waals surface area contributed by atoms with Crippen molar-refractivity contribution in [2.45, 2.75) is 0 Å². The minimum atomic E-state index is -0.363. The zero-order valence-electron chi connectivity index (χ0n) is 8.77. The van der Waals surface area contributed by atoms with Crippen molar-refractivity contribution < 1.29 is 14.2 Å². The molecule has 0 heterocycles. The molecule has 0 spiro atoms. The zero-order chi connectivity index (χ0) is 11.5. The van der Waals surface area contributed by atoms with Crippen LogP contribution < -0.4 is 4.74 Å². The molecule has 0 radical (unpaired) electrons. The molecule has 0 saturated heterocycles. The molecule has 3 heteroatoms. The summed E-state index contributed by atoms with van der Waals surface area (Å²) in [5.74, 6) is 0.247. The predicted octanol–water partition coefficient (Wildman–Crippen LogP) is 3.21. The van der Waals surface area contributed by atoms with Crippen LogP contribution in [0.4, 0.5) is 4.39 Å². The molecule has 2 rings (SSSR count). The number of methoxy groups -OCH3 is 1. The molecular formula is C13H11FO2. The maximum atomic E-state index is 13.3. The molecule has 0 aliphatic heterocycles. The van der Waals surface area contributed by atoms with E-state index in [0.29, 0.717) is 11.3 Å². The summed E-state index contributed by atoms with van der Waals surface area (Å²) >= 11 is 0. The summed E-state index contributed by atoms with van der Waals surface area (Å²) in [4.78, 5) is 0. The van der Waals surface area contributed by atoms with Gasteiger partial charge in [-0.3, -0.25) is 0 Å². The Labute approximate surface area is 92.9 Å². The number of benzene rings is 2. The van der Waals surface area contributed by atoms with Crippen molar-refractivity contribution in [3.63, 3.8) is 0 Å². The highest BCUT2D eigenvalue weighted by molar-refractivity contribution is 5.66. The van der Waals surface area contributed by atoms with Crippen LogP contribution in [0.3, 0.4) is 0 Å². The molecule has 0 fully saturated rings. The molecule has 1 N–H and O–H groups in total. The van der Waals surface area contributed by atoms with Gasteiger partial charge >= 0.3 is 0 Å². The van der Waals surface area contributed by atoms with Gasteiger partial charge in [0.15, 0.2) is 0 Å². The average molecular weight is 218 g/mol. The molecule has 0 unspecified atom stereocenters. The van der Waals surface area contributed by atoms with E-state index in [2.05, 4.69) is 0 Å². The van der Waals surface area contributed by atoms with E-state index in [4.69, 9.17) is 4.74 Å². The molecule has 2 aromatic rings. The van der Waals surface area contributed by atoms with Gasteiger partial charge in [-0.05, 0) is 35.4 Å². The van der Waals surface area contributed by atoms with Gasteiger partial charge in [-0.2, -0.15) is 0 Å². The van der Waals surface area contributed by atoms with Crippen LogP contribution in [0.15, 0.2) is 42.5 Å². The number of aromatic hydroxyl groups is 1. The summed E-state index contributed by atoms with van der Waals surface area (Å²) in [6, 6.07) is 11.1. The van der Waals surface area contributed by atoms with Crippen LogP contribution in [-0.4, -0.2) is 12.2 Å². The Kier molecular flexibility index (Phi) is 2.77. The van der Waals surface area contributed by atoms with E-state index >= 15 is 0 Å². The smallest absolute Gasteiger partial charge is 0.127 e. The molecule has 0 bridgehead atoms. The van der Waals surface area contributed by atoms with Gasteiger partial charge in [0.2, 0.25) is 0 Å². The lowest BCUT2D eigenvalue weighted by Gasteiger charge is -2.05. The molecule has 16 heavy (non-hydrogen) atoms. The lowest BCUT2D eigenvalue weighted by atomic mass is 10.1. The van der Waals surface area contributed by atoms with Crippen molar-refractivity contribution in [3.05, 3.63) is 48.3 Å². The first-order valence-corrected chi connectivity index (χ1v) is 4.83. The van der Waals surface area contributed by atoms with Crippen LogP contribution in [-0.2, 0) is 0 Å².